The fraction of sp³-hybridized carbons (Fsp3) is 0.333. The van der Waals surface area contributed by atoms with Gasteiger partial charge in [0.1, 0.15) is 12.2 Å². The maximum atomic E-state index is 10.9. The zero-order valence-electron chi connectivity index (χ0n) is 13.9. The molecule has 0 saturated carbocycles. The molecule has 0 spiro atoms. The van der Waals surface area contributed by atoms with E-state index >= 15 is 0 Å². The molecule has 0 bridgehead atoms. The van der Waals surface area contributed by atoms with E-state index in [4.69, 9.17) is 5.21 Å². The molecule has 0 aliphatic heterocycles. The molecule has 0 saturated heterocycles. The molecule has 0 aliphatic carbocycles. The van der Waals surface area contributed by atoms with E-state index in [1.807, 2.05) is 12.1 Å². The van der Waals surface area contributed by atoms with Crippen LogP contribution in [0.4, 0.5) is 0 Å². The van der Waals surface area contributed by atoms with Crippen molar-refractivity contribution >= 4 is 16.9 Å². The van der Waals surface area contributed by atoms with Crippen molar-refractivity contribution in [1.82, 2.24) is 25.4 Å². The molecule has 7 heteroatoms. The van der Waals surface area contributed by atoms with Gasteiger partial charge in [-0.05, 0) is 30.5 Å². The number of hydrogen-bond donors (Lipinski definition) is 3. The van der Waals surface area contributed by atoms with Crippen LogP contribution in [0.1, 0.15) is 37.9 Å². The molecule has 2 heterocycles. The van der Waals surface area contributed by atoms with E-state index in [1.165, 1.54) is 6.33 Å². The highest BCUT2D eigenvalue weighted by Crippen LogP contribution is 2.22. The van der Waals surface area contributed by atoms with Crippen LogP contribution < -0.4 is 5.48 Å². The molecule has 0 aliphatic rings. The highest BCUT2D eigenvalue weighted by atomic mass is 16.5. The number of aromatic amines is 1. The quantitative estimate of drug-likeness (QED) is 0.332. The number of nitrogens with zero attached hydrogens (tertiary/aromatic N) is 3. The van der Waals surface area contributed by atoms with Gasteiger partial charge >= 0.3 is 0 Å². The Morgan fingerprint density at radius 2 is 1.88 bits per heavy atom. The minimum absolute atomic E-state index is 0.322. The molecule has 1 aromatic carbocycles. The highest BCUT2D eigenvalue weighted by Gasteiger charge is 2.06. The first-order chi connectivity index (χ1) is 12.3. The molecular weight excluding hydrogens is 318 g/mol. The lowest BCUT2D eigenvalue weighted by Crippen LogP contribution is -2.17. The van der Waals surface area contributed by atoms with Crippen molar-refractivity contribution in [3.05, 3.63) is 42.7 Å². The summed E-state index contributed by atoms with van der Waals surface area (Å²) in [6.07, 6.45) is 10.2. The lowest BCUT2D eigenvalue weighted by Gasteiger charge is -2.00. The van der Waals surface area contributed by atoms with Gasteiger partial charge < -0.3 is 4.98 Å². The fourth-order valence-corrected chi connectivity index (χ4v) is 2.80. The molecular formula is C18H21N5O2. The molecule has 25 heavy (non-hydrogen) atoms. The second-order valence-corrected chi connectivity index (χ2v) is 5.99. The third-order valence-corrected chi connectivity index (χ3v) is 4.12. The van der Waals surface area contributed by atoms with Crippen LogP contribution in [0.25, 0.3) is 22.2 Å². The SMILES string of the molecule is O=C(CCCCCCc1nc2ccc(-c3cncnc3)cc2[nH]1)NO. The topological polar surface area (TPSA) is 104 Å². The van der Waals surface area contributed by atoms with Crippen LogP contribution in [0.2, 0.25) is 0 Å². The number of carbonyl (C=O) groups excluding carboxylic acids is 1. The molecule has 1 amide bonds. The summed E-state index contributed by atoms with van der Waals surface area (Å²) in [6.45, 7) is 0. The van der Waals surface area contributed by atoms with E-state index in [9.17, 15) is 4.79 Å². The Morgan fingerprint density at radius 3 is 2.68 bits per heavy atom. The summed E-state index contributed by atoms with van der Waals surface area (Å²) in [7, 11) is 0. The maximum Gasteiger partial charge on any atom is 0.243 e. The average molecular weight is 339 g/mol. The lowest BCUT2D eigenvalue weighted by atomic mass is 10.1. The number of imidazole rings is 1. The Labute approximate surface area is 145 Å². The summed E-state index contributed by atoms with van der Waals surface area (Å²) >= 11 is 0. The molecule has 3 N–H and O–H groups in total. The van der Waals surface area contributed by atoms with Crippen molar-refractivity contribution < 1.29 is 10.0 Å². The van der Waals surface area contributed by atoms with E-state index in [-0.39, 0.29) is 5.91 Å². The Bertz CT molecular complexity index is 832. The van der Waals surface area contributed by atoms with Gasteiger partial charge in [0, 0.05) is 30.8 Å². The van der Waals surface area contributed by atoms with Crippen molar-refractivity contribution in [3.8, 4) is 11.1 Å². The van der Waals surface area contributed by atoms with Crippen molar-refractivity contribution in [1.29, 1.82) is 0 Å². The zero-order chi connectivity index (χ0) is 17.5. The van der Waals surface area contributed by atoms with Crippen LogP contribution in [0.3, 0.4) is 0 Å². The van der Waals surface area contributed by atoms with Crippen molar-refractivity contribution in [3.63, 3.8) is 0 Å². The average Bonchev–Trinajstić information content (AvgIpc) is 3.06. The summed E-state index contributed by atoms with van der Waals surface area (Å²) in [5.41, 5.74) is 5.65. The predicted molar refractivity (Wildman–Crippen MR) is 93.8 cm³/mol. The largest absolute Gasteiger partial charge is 0.342 e. The van der Waals surface area contributed by atoms with Crippen LogP contribution >= 0.6 is 0 Å². The van der Waals surface area contributed by atoms with Crippen molar-refractivity contribution in [2.75, 3.05) is 0 Å². The van der Waals surface area contributed by atoms with E-state index < -0.39 is 0 Å². The Balaban J connectivity index is 1.54. The molecule has 7 nitrogen and oxygen atoms in total. The molecule has 0 radical (unpaired) electrons. The van der Waals surface area contributed by atoms with Crippen molar-refractivity contribution in [2.45, 2.75) is 38.5 Å². The number of nitrogens with one attached hydrogen (secondary N) is 2. The minimum atomic E-state index is -0.322. The van der Waals surface area contributed by atoms with Gasteiger partial charge in [-0.3, -0.25) is 10.0 Å². The standard InChI is InChI=1S/C18H21N5O2/c24-18(23-25)6-4-2-1-3-5-17-21-15-8-7-13(9-16(15)22-17)14-10-19-12-20-11-14/h7-12,25H,1-6H2,(H,21,22)(H,23,24). The molecule has 0 atom stereocenters. The third-order valence-electron chi connectivity index (χ3n) is 4.12. The molecule has 0 fully saturated rings. The molecule has 2 aromatic heterocycles. The first-order valence-corrected chi connectivity index (χ1v) is 8.43. The Kier molecular flexibility index (Phi) is 5.69. The second-order valence-electron chi connectivity index (χ2n) is 5.99. The van der Waals surface area contributed by atoms with Crippen LogP contribution in [0.15, 0.2) is 36.9 Å². The molecule has 130 valence electrons. The highest BCUT2D eigenvalue weighted by molar-refractivity contribution is 5.81. The zero-order valence-corrected chi connectivity index (χ0v) is 13.9. The Morgan fingerprint density at radius 1 is 1.08 bits per heavy atom. The number of benzene rings is 1. The van der Waals surface area contributed by atoms with Gasteiger partial charge in [0.15, 0.2) is 0 Å². The summed E-state index contributed by atoms with van der Waals surface area (Å²) in [4.78, 5) is 27.0. The first-order valence-electron chi connectivity index (χ1n) is 8.43. The van der Waals surface area contributed by atoms with Gasteiger partial charge in [-0.15, -0.1) is 0 Å². The lowest BCUT2D eigenvalue weighted by molar-refractivity contribution is -0.129. The van der Waals surface area contributed by atoms with Gasteiger partial charge in [0.25, 0.3) is 0 Å². The number of amides is 1. The second kappa shape index (κ2) is 8.34. The van der Waals surface area contributed by atoms with Crippen molar-refractivity contribution in [2.24, 2.45) is 0 Å². The summed E-state index contributed by atoms with van der Waals surface area (Å²) < 4.78 is 0. The number of hydroxylamine groups is 1. The van der Waals surface area contributed by atoms with Crippen LogP contribution in [-0.4, -0.2) is 31.1 Å². The summed E-state index contributed by atoms with van der Waals surface area (Å²) in [5.74, 6) is 0.654. The monoisotopic (exact) mass is 339 g/mol. The van der Waals surface area contributed by atoms with Crippen LogP contribution in [0.5, 0.6) is 0 Å². The third kappa shape index (κ3) is 4.60. The predicted octanol–water partition coefficient (Wildman–Crippen LogP) is 3.02. The van der Waals surface area contributed by atoms with Gasteiger partial charge in [-0.1, -0.05) is 18.9 Å². The van der Waals surface area contributed by atoms with E-state index in [1.54, 1.807) is 17.9 Å². The van der Waals surface area contributed by atoms with E-state index in [0.717, 1.165) is 60.1 Å². The van der Waals surface area contributed by atoms with Crippen LogP contribution in [-0.2, 0) is 11.2 Å². The summed E-state index contributed by atoms with van der Waals surface area (Å²) in [5, 5.41) is 8.43. The Hall–Kier alpha value is -2.80. The number of H-pyrrole nitrogens is 1. The van der Waals surface area contributed by atoms with Gasteiger partial charge in [-0.2, -0.15) is 0 Å². The number of unbranched alkanes of at least 4 members (excludes halogenated alkanes) is 3. The fourth-order valence-electron chi connectivity index (χ4n) is 2.80. The van der Waals surface area contributed by atoms with E-state index in [2.05, 4.69) is 26.0 Å². The molecule has 0 unspecified atom stereocenters. The number of aryl methyl sites for hydroxylation is 1. The minimum Gasteiger partial charge on any atom is -0.342 e. The molecule has 3 rings (SSSR count). The smallest absolute Gasteiger partial charge is 0.243 e. The molecule has 3 aromatic rings. The number of fused-ring (bicyclic) bond motifs is 1. The van der Waals surface area contributed by atoms with Gasteiger partial charge in [0.2, 0.25) is 5.91 Å². The normalized spacial score (nSPS) is 10.9. The maximum absolute atomic E-state index is 10.9. The van der Waals surface area contributed by atoms with Gasteiger partial charge in [0.05, 0.1) is 11.0 Å². The number of hydrogen-bond acceptors (Lipinski definition) is 5. The number of aromatic nitrogens is 4. The van der Waals surface area contributed by atoms with Crippen LogP contribution in [0, 0.1) is 0 Å². The number of rotatable bonds is 8. The van der Waals surface area contributed by atoms with Gasteiger partial charge in [-0.25, -0.2) is 20.4 Å². The number of carbonyl (C=O) groups is 1. The summed E-state index contributed by atoms with van der Waals surface area (Å²) in [6, 6.07) is 6.10. The first kappa shape index (κ1) is 17.0. The van der Waals surface area contributed by atoms with E-state index in [0.29, 0.717) is 6.42 Å².